The Morgan fingerprint density at radius 1 is 1.17 bits per heavy atom. The third-order valence-corrected chi connectivity index (χ3v) is 4.98. The first-order chi connectivity index (χ1) is 11.7. The minimum atomic E-state index is -0.410. The quantitative estimate of drug-likeness (QED) is 0.858. The maximum Gasteiger partial charge on any atom is 0.337 e. The lowest BCUT2D eigenvalue weighted by Crippen LogP contribution is -2.30. The summed E-state index contributed by atoms with van der Waals surface area (Å²) in [6.45, 7) is 1.92. The minimum Gasteiger partial charge on any atom is -0.465 e. The SMILES string of the molecule is COC(=O)c1ccc(N2CCCCC2)c(NC(=O)c2cccs2)c1. The molecule has 6 heteroatoms. The summed E-state index contributed by atoms with van der Waals surface area (Å²) in [6.07, 6.45) is 3.50. The fourth-order valence-electron chi connectivity index (χ4n) is 2.88. The summed E-state index contributed by atoms with van der Waals surface area (Å²) in [5.74, 6) is -0.572. The fourth-order valence-corrected chi connectivity index (χ4v) is 3.50. The largest absolute Gasteiger partial charge is 0.465 e. The molecule has 0 unspecified atom stereocenters. The highest BCUT2D eigenvalue weighted by atomic mass is 32.1. The van der Waals surface area contributed by atoms with E-state index in [2.05, 4.69) is 10.2 Å². The summed E-state index contributed by atoms with van der Waals surface area (Å²) in [4.78, 5) is 27.1. The van der Waals surface area contributed by atoms with Crippen molar-refractivity contribution in [3.63, 3.8) is 0 Å². The van der Waals surface area contributed by atoms with Gasteiger partial charge in [0.15, 0.2) is 0 Å². The van der Waals surface area contributed by atoms with Crippen molar-refractivity contribution in [1.29, 1.82) is 0 Å². The predicted octanol–water partition coefficient (Wildman–Crippen LogP) is 3.78. The number of benzene rings is 1. The molecule has 1 fully saturated rings. The van der Waals surface area contributed by atoms with Crippen LogP contribution in [0, 0.1) is 0 Å². The van der Waals surface area contributed by atoms with Crippen LogP contribution in [0.1, 0.15) is 39.3 Å². The number of rotatable bonds is 4. The number of carbonyl (C=O) groups excluding carboxylic acids is 2. The van der Waals surface area contributed by atoms with E-state index in [9.17, 15) is 9.59 Å². The smallest absolute Gasteiger partial charge is 0.337 e. The van der Waals surface area contributed by atoms with E-state index in [1.54, 1.807) is 18.2 Å². The number of hydrogen-bond acceptors (Lipinski definition) is 5. The Balaban J connectivity index is 1.92. The predicted molar refractivity (Wildman–Crippen MR) is 96.1 cm³/mol. The maximum absolute atomic E-state index is 12.4. The molecule has 1 saturated heterocycles. The van der Waals surface area contributed by atoms with Gasteiger partial charge in [-0.25, -0.2) is 4.79 Å². The van der Waals surface area contributed by atoms with Crippen LogP contribution in [-0.4, -0.2) is 32.1 Å². The minimum absolute atomic E-state index is 0.162. The van der Waals surface area contributed by atoms with Gasteiger partial charge in [0.05, 0.1) is 28.9 Å². The van der Waals surface area contributed by atoms with Crippen LogP contribution < -0.4 is 10.2 Å². The monoisotopic (exact) mass is 344 g/mol. The molecule has 1 aliphatic heterocycles. The average Bonchev–Trinajstić information content (AvgIpc) is 3.16. The van der Waals surface area contributed by atoms with Crippen LogP contribution in [0.2, 0.25) is 0 Å². The standard InChI is InChI=1S/C18H20N2O3S/c1-23-18(22)13-7-8-15(20-9-3-2-4-10-20)14(12-13)19-17(21)16-6-5-11-24-16/h5-8,11-12H,2-4,9-10H2,1H3,(H,19,21). The van der Waals surface area contributed by atoms with Gasteiger partial charge in [0, 0.05) is 13.1 Å². The van der Waals surface area contributed by atoms with Crippen molar-refractivity contribution in [3.8, 4) is 0 Å². The van der Waals surface area contributed by atoms with E-state index in [-0.39, 0.29) is 5.91 Å². The molecule has 0 radical (unpaired) electrons. The zero-order valence-corrected chi connectivity index (χ0v) is 14.4. The van der Waals surface area contributed by atoms with E-state index in [4.69, 9.17) is 4.74 Å². The Hall–Kier alpha value is -2.34. The van der Waals surface area contributed by atoms with Gasteiger partial charge in [-0.3, -0.25) is 4.79 Å². The van der Waals surface area contributed by atoms with Crippen molar-refractivity contribution >= 4 is 34.6 Å². The lowest BCUT2D eigenvalue weighted by molar-refractivity contribution is 0.0600. The number of carbonyl (C=O) groups is 2. The van der Waals surface area contributed by atoms with E-state index in [1.807, 2.05) is 17.5 Å². The molecule has 2 aromatic rings. The zero-order valence-electron chi connectivity index (χ0n) is 13.6. The molecule has 0 saturated carbocycles. The molecule has 0 spiro atoms. The van der Waals surface area contributed by atoms with E-state index in [1.165, 1.54) is 24.9 Å². The van der Waals surface area contributed by atoms with Gasteiger partial charge in [-0.15, -0.1) is 11.3 Å². The summed E-state index contributed by atoms with van der Waals surface area (Å²) in [7, 11) is 1.35. The molecule has 1 amide bonds. The third-order valence-electron chi connectivity index (χ3n) is 4.11. The molecular weight excluding hydrogens is 324 g/mol. The molecule has 126 valence electrons. The number of amides is 1. The molecule has 1 N–H and O–H groups in total. The average molecular weight is 344 g/mol. The zero-order chi connectivity index (χ0) is 16.9. The lowest BCUT2D eigenvalue weighted by Gasteiger charge is -2.30. The van der Waals surface area contributed by atoms with Gasteiger partial charge < -0.3 is 15.0 Å². The van der Waals surface area contributed by atoms with E-state index >= 15 is 0 Å². The summed E-state index contributed by atoms with van der Waals surface area (Å²) in [5, 5.41) is 4.82. The normalized spacial score (nSPS) is 14.3. The highest BCUT2D eigenvalue weighted by molar-refractivity contribution is 7.12. The van der Waals surface area contributed by atoms with Gasteiger partial charge in [0.2, 0.25) is 0 Å². The van der Waals surface area contributed by atoms with E-state index in [0.717, 1.165) is 31.6 Å². The number of nitrogens with zero attached hydrogens (tertiary/aromatic N) is 1. The van der Waals surface area contributed by atoms with Crippen molar-refractivity contribution < 1.29 is 14.3 Å². The van der Waals surface area contributed by atoms with Crippen LogP contribution >= 0.6 is 11.3 Å². The summed E-state index contributed by atoms with van der Waals surface area (Å²) >= 11 is 1.39. The Labute approximate surface area is 145 Å². The van der Waals surface area contributed by atoms with Crippen LogP contribution in [-0.2, 0) is 4.74 Å². The molecule has 1 aromatic carbocycles. The molecule has 0 aliphatic carbocycles. The lowest BCUT2D eigenvalue weighted by atomic mass is 10.1. The van der Waals surface area contributed by atoms with Crippen LogP contribution in [0.25, 0.3) is 0 Å². The van der Waals surface area contributed by atoms with Crippen molar-refractivity contribution in [2.45, 2.75) is 19.3 Å². The Bertz CT molecular complexity index is 722. The number of anilines is 2. The highest BCUT2D eigenvalue weighted by Gasteiger charge is 2.19. The van der Waals surface area contributed by atoms with Crippen molar-refractivity contribution in [1.82, 2.24) is 0 Å². The summed E-state index contributed by atoms with van der Waals surface area (Å²) in [6, 6.07) is 8.96. The van der Waals surface area contributed by atoms with E-state index in [0.29, 0.717) is 16.1 Å². The van der Waals surface area contributed by atoms with Crippen LogP contribution in [0.3, 0.4) is 0 Å². The fraction of sp³-hybridized carbons (Fsp3) is 0.333. The van der Waals surface area contributed by atoms with Gasteiger partial charge in [0.1, 0.15) is 0 Å². The van der Waals surface area contributed by atoms with Gasteiger partial charge in [-0.2, -0.15) is 0 Å². The number of methoxy groups -OCH3 is 1. The van der Waals surface area contributed by atoms with Gasteiger partial charge in [0.25, 0.3) is 5.91 Å². The van der Waals surface area contributed by atoms with Crippen molar-refractivity contribution in [2.75, 3.05) is 30.4 Å². The Morgan fingerprint density at radius 2 is 1.96 bits per heavy atom. The second-order valence-corrected chi connectivity index (χ2v) is 6.65. The molecule has 5 nitrogen and oxygen atoms in total. The number of nitrogens with one attached hydrogen (secondary N) is 1. The van der Waals surface area contributed by atoms with Gasteiger partial charge in [-0.1, -0.05) is 6.07 Å². The summed E-state index contributed by atoms with van der Waals surface area (Å²) in [5.41, 5.74) is 2.03. The highest BCUT2D eigenvalue weighted by Crippen LogP contribution is 2.30. The van der Waals surface area contributed by atoms with E-state index < -0.39 is 5.97 Å². The van der Waals surface area contributed by atoms with Crippen molar-refractivity contribution in [2.24, 2.45) is 0 Å². The van der Waals surface area contributed by atoms with Crippen LogP contribution in [0.5, 0.6) is 0 Å². The molecular formula is C18H20N2O3S. The topological polar surface area (TPSA) is 58.6 Å². The molecule has 3 rings (SSSR count). The Morgan fingerprint density at radius 3 is 2.62 bits per heavy atom. The second kappa shape index (κ2) is 7.49. The first kappa shape index (κ1) is 16.5. The van der Waals surface area contributed by atoms with Gasteiger partial charge in [-0.05, 0) is 48.9 Å². The summed E-state index contributed by atoms with van der Waals surface area (Å²) < 4.78 is 4.79. The maximum atomic E-state index is 12.4. The third kappa shape index (κ3) is 3.59. The molecule has 2 heterocycles. The molecule has 1 aliphatic rings. The Kier molecular flexibility index (Phi) is 5.15. The van der Waals surface area contributed by atoms with Gasteiger partial charge >= 0.3 is 5.97 Å². The molecule has 0 bridgehead atoms. The number of ether oxygens (including phenoxy) is 1. The van der Waals surface area contributed by atoms with Crippen LogP contribution in [0.15, 0.2) is 35.7 Å². The van der Waals surface area contributed by atoms with Crippen LogP contribution in [0.4, 0.5) is 11.4 Å². The first-order valence-electron chi connectivity index (χ1n) is 8.01. The molecule has 24 heavy (non-hydrogen) atoms. The second-order valence-electron chi connectivity index (χ2n) is 5.70. The molecule has 1 aromatic heterocycles. The number of esters is 1. The van der Waals surface area contributed by atoms with Crippen molar-refractivity contribution in [3.05, 3.63) is 46.2 Å². The molecule has 0 atom stereocenters. The number of hydrogen-bond donors (Lipinski definition) is 1. The first-order valence-corrected chi connectivity index (χ1v) is 8.89. The number of thiophene rings is 1. The number of piperidine rings is 1.